The second-order valence-corrected chi connectivity index (χ2v) is 8.45. The summed E-state index contributed by atoms with van der Waals surface area (Å²) in [7, 11) is -1.41. The molecule has 1 fully saturated rings. The summed E-state index contributed by atoms with van der Waals surface area (Å²) < 4.78 is 27.8. The molecule has 0 radical (unpaired) electrons. The van der Waals surface area contributed by atoms with Crippen LogP contribution in [-0.2, 0) is 10.0 Å². The van der Waals surface area contributed by atoms with Gasteiger partial charge in [-0.05, 0) is 38.1 Å². The topological polar surface area (TPSA) is 40.6 Å². The number of hydrogen-bond acceptors (Lipinski definition) is 3. The average molecular weight is 344 g/mol. The zero-order valence-electron chi connectivity index (χ0n) is 14.4. The Morgan fingerprint density at radius 3 is 2.38 bits per heavy atom. The van der Waals surface area contributed by atoms with E-state index in [2.05, 4.69) is 24.1 Å². The van der Waals surface area contributed by atoms with Crippen LogP contribution in [0.5, 0.6) is 0 Å². The van der Waals surface area contributed by atoms with Crippen LogP contribution in [0.15, 0.2) is 53.4 Å². The van der Waals surface area contributed by atoms with Crippen molar-refractivity contribution < 1.29 is 8.42 Å². The first-order valence-electron chi connectivity index (χ1n) is 8.22. The van der Waals surface area contributed by atoms with Crippen LogP contribution >= 0.6 is 0 Å². The minimum atomic E-state index is -3.47. The summed E-state index contributed by atoms with van der Waals surface area (Å²) >= 11 is 0. The van der Waals surface area contributed by atoms with Crippen molar-refractivity contribution in [2.24, 2.45) is 0 Å². The SMILES string of the molecule is Cc1ccc(S(=O)(=O)N2CCN(C)C(c3ccccc3)C2)c(C)c1. The van der Waals surface area contributed by atoms with Crippen molar-refractivity contribution >= 4 is 10.0 Å². The van der Waals surface area contributed by atoms with Crippen LogP contribution in [0, 0.1) is 13.8 Å². The summed E-state index contributed by atoms with van der Waals surface area (Å²) in [6, 6.07) is 15.7. The van der Waals surface area contributed by atoms with Gasteiger partial charge in [-0.15, -0.1) is 0 Å². The third-order valence-electron chi connectivity index (χ3n) is 4.74. The quantitative estimate of drug-likeness (QED) is 0.859. The van der Waals surface area contributed by atoms with E-state index in [4.69, 9.17) is 0 Å². The number of rotatable bonds is 3. The Labute approximate surface area is 144 Å². The molecule has 0 saturated carbocycles. The third kappa shape index (κ3) is 3.24. The minimum Gasteiger partial charge on any atom is -0.297 e. The lowest BCUT2D eigenvalue weighted by atomic mass is 10.0. The number of aryl methyl sites for hydroxylation is 2. The highest BCUT2D eigenvalue weighted by atomic mass is 32.2. The molecule has 0 spiro atoms. The highest BCUT2D eigenvalue weighted by Crippen LogP contribution is 2.29. The molecule has 24 heavy (non-hydrogen) atoms. The van der Waals surface area contributed by atoms with E-state index in [1.54, 1.807) is 10.4 Å². The summed E-state index contributed by atoms with van der Waals surface area (Å²) in [5.41, 5.74) is 3.04. The van der Waals surface area contributed by atoms with Gasteiger partial charge in [0.2, 0.25) is 10.0 Å². The van der Waals surface area contributed by atoms with E-state index >= 15 is 0 Å². The van der Waals surface area contributed by atoms with Crippen molar-refractivity contribution in [3.63, 3.8) is 0 Å². The molecule has 1 aliphatic heterocycles. The maximum Gasteiger partial charge on any atom is 0.243 e. The molecule has 5 heteroatoms. The predicted octanol–water partition coefficient (Wildman–Crippen LogP) is 2.98. The number of nitrogens with zero attached hydrogens (tertiary/aromatic N) is 2. The largest absolute Gasteiger partial charge is 0.297 e. The number of hydrogen-bond donors (Lipinski definition) is 0. The van der Waals surface area contributed by atoms with E-state index in [9.17, 15) is 8.42 Å². The molecule has 1 saturated heterocycles. The van der Waals surface area contributed by atoms with Crippen molar-refractivity contribution in [1.82, 2.24) is 9.21 Å². The van der Waals surface area contributed by atoms with Crippen LogP contribution in [0.1, 0.15) is 22.7 Å². The van der Waals surface area contributed by atoms with Gasteiger partial charge in [0, 0.05) is 25.7 Å². The Bertz CT molecular complexity index is 819. The molecule has 0 amide bonds. The average Bonchev–Trinajstić information content (AvgIpc) is 2.55. The van der Waals surface area contributed by atoms with Gasteiger partial charge in [-0.25, -0.2) is 8.42 Å². The normalized spacial score (nSPS) is 20.2. The van der Waals surface area contributed by atoms with Gasteiger partial charge >= 0.3 is 0 Å². The molecule has 0 aromatic heterocycles. The highest BCUT2D eigenvalue weighted by molar-refractivity contribution is 7.89. The fourth-order valence-corrected chi connectivity index (χ4v) is 4.97. The number of benzene rings is 2. The first-order chi connectivity index (χ1) is 11.4. The van der Waals surface area contributed by atoms with Gasteiger partial charge < -0.3 is 0 Å². The van der Waals surface area contributed by atoms with Crippen molar-refractivity contribution in [2.45, 2.75) is 24.8 Å². The van der Waals surface area contributed by atoms with Crippen molar-refractivity contribution in [2.75, 3.05) is 26.7 Å². The van der Waals surface area contributed by atoms with Crippen molar-refractivity contribution in [1.29, 1.82) is 0 Å². The Hall–Kier alpha value is -1.69. The summed E-state index contributed by atoms with van der Waals surface area (Å²) in [5.74, 6) is 0. The fraction of sp³-hybridized carbons (Fsp3) is 0.368. The molecular weight excluding hydrogens is 320 g/mol. The Balaban J connectivity index is 1.91. The summed E-state index contributed by atoms with van der Waals surface area (Å²) in [6.45, 7) is 5.57. The molecule has 0 bridgehead atoms. The minimum absolute atomic E-state index is 0.0838. The molecule has 128 valence electrons. The van der Waals surface area contributed by atoms with Crippen LogP contribution in [0.25, 0.3) is 0 Å². The van der Waals surface area contributed by atoms with E-state index < -0.39 is 10.0 Å². The Morgan fingerprint density at radius 1 is 1.00 bits per heavy atom. The lowest BCUT2D eigenvalue weighted by Gasteiger charge is -2.39. The van der Waals surface area contributed by atoms with Crippen LogP contribution in [0.3, 0.4) is 0 Å². The lowest BCUT2D eigenvalue weighted by molar-refractivity contribution is 0.148. The zero-order valence-corrected chi connectivity index (χ0v) is 15.3. The van der Waals surface area contributed by atoms with E-state index in [0.717, 1.165) is 23.2 Å². The number of piperazine rings is 1. The molecule has 0 aliphatic carbocycles. The monoisotopic (exact) mass is 344 g/mol. The van der Waals surface area contributed by atoms with Crippen molar-refractivity contribution in [3.8, 4) is 0 Å². The van der Waals surface area contributed by atoms with Gasteiger partial charge in [0.05, 0.1) is 4.90 Å². The molecule has 1 aliphatic rings. The van der Waals surface area contributed by atoms with Crippen LogP contribution < -0.4 is 0 Å². The number of sulfonamides is 1. The fourth-order valence-electron chi connectivity index (χ4n) is 3.33. The van der Waals surface area contributed by atoms with Crippen LogP contribution in [0.4, 0.5) is 0 Å². The number of likely N-dealkylation sites (N-methyl/N-ethyl adjacent to an activating group) is 1. The zero-order chi connectivity index (χ0) is 17.3. The standard InChI is InChI=1S/C19H24N2O2S/c1-15-9-10-19(16(2)13-15)24(22,23)21-12-11-20(3)18(14-21)17-7-5-4-6-8-17/h4-10,13,18H,11-12,14H2,1-3H3. The summed E-state index contributed by atoms with van der Waals surface area (Å²) in [4.78, 5) is 2.65. The maximum absolute atomic E-state index is 13.1. The van der Waals surface area contributed by atoms with E-state index in [0.29, 0.717) is 18.0 Å². The van der Waals surface area contributed by atoms with Gasteiger partial charge in [0.25, 0.3) is 0 Å². The van der Waals surface area contributed by atoms with E-state index in [1.807, 2.05) is 44.2 Å². The van der Waals surface area contributed by atoms with Gasteiger partial charge in [-0.1, -0.05) is 48.0 Å². The van der Waals surface area contributed by atoms with Gasteiger partial charge in [-0.3, -0.25) is 4.90 Å². The summed E-state index contributed by atoms with van der Waals surface area (Å²) in [6.07, 6.45) is 0. The van der Waals surface area contributed by atoms with Gasteiger partial charge in [0.15, 0.2) is 0 Å². The maximum atomic E-state index is 13.1. The molecule has 1 heterocycles. The van der Waals surface area contributed by atoms with Crippen LogP contribution in [0.2, 0.25) is 0 Å². The molecule has 1 unspecified atom stereocenters. The van der Waals surface area contributed by atoms with Gasteiger partial charge in [-0.2, -0.15) is 4.31 Å². The molecular formula is C19H24N2O2S. The smallest absolute Gasteiger partial charge is 0.243 e. The Morgan fingerprint density at radius 2 is 1.71 bits per heavy atom. The molecule has 2 aromatic carbocycles. The molecule has 1 atom stereocenters. The predicted molar refractivity (Wildman–Crippen MR) is 96.5 cm³/mol. The lowest BCUT2D eigenvalue weighted by Crippen LogP contribution is -2.48. The second-order valence-electron chi connectivity index (χ2n) is 6.54. The van der Waals surface area contributed by atoms with E-state index in [-0.39, 0.29) is 6.04 Å². The van der Waals surface area contributed by atoms with E-state index in [1.165, 1.54) is 0 Å². The van der Waals surface area contributed by atoms with Crippen LogP contribution in [-0.4, -0.2) is 44.3 Å². The second kappa shape index (κ2) is 6.67. The van der Waals surface area contributed by atoms with Gasteiger partial charge in [0.1, 0.15) is 0 Å². The first-order valence-corrected chi connectivity index (χ1v) is 9.66. The molecule has 2 aromatic rings. The first kappa shape index (κ1) is 17.1. The highest BCUT2D eigenvalue weighted by Gasteiger charge is 2.34. The third-order valence-corrected chi connectivity index (χ3v) is 6.77. The van der Waals surface area contributed by atoms with Crippen molar-refractivity contribution in [3.05, 3.63) is 65.2 Å². The Kier molecular flexibility index (Phi) is 4.76. The summed E-state index contributed by atoms with van der Waals surface area (Å²) in [5, 5.41) is 0. The molecule has 0 N–H and O–H groups in total. The molecule has 3 rings (SSSR count). The molecule has 4 nitrogen and oxygen atoms in total.